The normalized spacial score (nSPS) is 11.0. The van der Waals surface area contributed by atoms with Gasteiger partial charge in [-0.2, -0.15) is 4.73 Å². The first-order valence-corrected chi connectivity index (χ1v) is 13.3. The lowest BCUT2D eigenvalue weighted by Crippen LogP contribution is -2.41. The molecule has 5 rings (SSSR count). The summed E-state index contributed by atoms with van der Waals surface area (Å²) in [6, 6.07) is 19.8. The molecule has 1 N–H and O–H groups in total. The number of nitrogens with zero attached hydrogens (tertiary/aromatic N) is 6. The number of carbonyl (C=O) groups excluding carboxylic acids is 2. The van der Waals surface area contributed by atoms with E-state index in [9.17, 15) is 14.8 Å². The lowest BCUT2D eigenvalue weighted by atomic mass is 9.98. The van der Waals surface area contributed by atoms with Crippen LogP contribution in [-0.2, 0) is 17.7 Å². The Morgan fingerprint density at radius 2 is 1.76 bits per heavy atom. The molecule has 0 spiro atoms. The van der Waals surface area contributed by atoms with Crippen LogP contribution >= 0.6 is 11.6 Å². The number of nitrogens with one attached hydrogen (secondary N) is 1. The Morgan fingerprint density at radius 1 is 1.02 bits per heavy atom. The van der Waals surface area contributed by atoms with Crippen molar-refractivity contribution in [1.82, 2.24) is 30.2 Å². The third-order valence-corrected chi connectivity index (χ3v) is 6.94. The minimum Gasteiger partial charge on any atom is -0.618 e. The zero-order chi connectivity index (χ0) is 28.9. The standard InChI is InChI=1S/C29H26ClN7O4/c1-3-4-12-24-31-27(30)25(26(38)22-10-7-11-23(37(22)40)29(39)41-2)36(24)17-18-13-15-19(16-14-18)20-8-5-6-9-21(20)28-32-34-35-33-28/h5-11,13-16H,3-4,12,17H2,1-2H3,(H,32,33,34,35). The number of ether oxygens (including phenoxy) is 1. The van der Waals surface area contributed by atoms with E-state index >= 15 is 0 Å². The van der Waals surface area contributed by atoms with Crippen molar-refractivity contribution in [3.05, 3.63) is 106 Å². The summed E-state index contributed by atoms with van der Waals surface area (Å²) in [4.78, 5) is 30.2. The van der Waals surface area contributed by atoms with Crippen molar-refractivity contribution in [1.29, 1.82) is 0 Å². The molecule has 0 aliphatic rings. The first-order valence-electron chi connectivity index (χ1n) is 13.0. The predicted octanol–water partition coefficient (Wildman–Crippen LogP) is 4.43. The number of aromatic amines is 1. The Balaban J connectivity index is 1.51. The van der Waals surface area contributed by atoms with Gasteiger partial charge in [0.25, 0.3) is 11.5 Å². The molecule has 3 aromatic heterocycles. The lowest BCUT2D eigenvalue weighted by Gasteiger charge is -2.13. The molecule has 3 heterocycles. The van der Waals surface area contributed by atoms with Gasteiger partial charge in [0.05, 0.1) is 7.11 Å². The minimum absolute atomic E-state index is 0.00390. The van der Waals surface area contributed by atoms with Gasteiger partial charge in [0.1, 0.15) is 11.5 Å². The van der Waals surface area contributed by atoms with Crippen molar-refractivity contribution < 1.29 is 19.1 Å². The van der Waals surface area contributed by atoms with Crippen LogP contribution < -0.4 is 4.73 Å². The summed E-state index contributed by atoms with van der Waals surface area (Å²) in [5, 5.41) is 27.1. The molecule has 0 atom stereocenters. The van der Waals surface area contributed by atoms with Crippen molar-refractivity contribution in [2.24, 2.45) is 0 Å². The minimum atomic E-state index is -0.848. The number of halogens is 1. The summed E-state index contributed by atoms with van der Waals surface area (Å²) in [6.45, 7) is 2.36. The lowest BCUT2D eigenvalue weighted by molar-refractivity contribution is -0.610. The van der Waals surface area contributed by atoms with Crippen LogP contribution in [0.5, 0.6) is 0 Å². The molecule has 208 valence electrons. The molecule has 5 aromatic rings. The molecule has 0 aliphatic carbocycles. The number of ketones is 1. The fourth-order valence-electron chi connectivity index (χ4n) is 4.61. The Morgan fingerprint density at radius 3 is 2.44 bits per heavy atom. The second-order valence-corrected chi connectivity index (χ2v) is 9.62. The van der Waals surface area contributed by atoms with Crippen molar-refractivity contribution in [2.75, 3.05) is 7.11 Å². The Bertz CT molecular complexity index is 1700. The molecular weight excluding hydrogens is 546 g/mol. The van der Waals surface area contributed by atoms with E-state index in [1.807, 2.05) is 48.5 Å². The summed E-state index contributed by atoms with van der Waals surface area (Å²) in [5.41, 5.74) is 3.19. The van der Waals surface area contributed by atoms with Gasteiger partial charge in [0.15, 0.2) is 11.0 Å². The van der Waals surface area contributed by atoms with Crippen LogP contribution in [0.15, 0.2) is 66.7 Å². The number of aryl methyl sites for hydroxylation is 1. The number of esters is 1. The van der Waals surface area contributed by atoms with E-state index in [-0.39, 0.29) is 27.0 Å². The maximum absolute atomic E-state index is 13.7. The Labute approximate surface area is 240 Å². The maximum atomic E-state index is 13.7. The number of hydrogen-bond donors (Lipinski definition) is 1. The van der Waals surface area contributed by atoms with Gasteiger partial charge < -0.3 is 14.5 Å². The molecule has 0 saturated heterocycles. The fourth-order valence-corrected chi connectivity index (χ4v) is 4.89. The van der Waals surface area contributed by atoms with Crippen LogP contribution in [0.1, 0.15) is 57.8 Å². The molecular formula is C29H26ClN7O4. The zero-order valence-electron chi connectivity index (χ0n) is 22.4. The van der Waals surface area contributed by atoms with Crippen LogP contribution in [-0.4, -0.2) is 49.0 Å². The van der Waals surface area contributed by atoms with Gasteiger partial charge in [-0.15, -0.1) is 5.10 Å². The number of aromatic nitrogens is 7. The molecule has 0 amide bonds. The summed E-state index contributed by atoms with van der Waals surface area (Å²) in [5.74, 6) is -0.293. The molecule has 2 aromatic carbocycles. The predicted molar refractivity (Wildman–Crippen MR) is 150 cm³/mol. The van der Waals surface area contributed by atoms with E-state index in [2.05, 4.69) is 37.3 Å². The van der Waals surface area contributed by atoms with Crippen LogP contribution in [0, 0.1) is 5.21 Å². The quantitative estimate of drug-likeness (QED) is 0.112. The zero-order valence-corrected chi connectivity index (χ0v) is 23.1. The van der Waals surface area contributed by atoms with Crippen molar-refractivity contribution in [3.8, 4) is 22.5 Å². The average Bonchev–Trinajstić information content (AvgIpc) is 3.64. The highest BCUT2D eigenvalue weighted by atomic mass is 35.5. The molecule has 0 saturated carbocycles. The molecule has 0 aliphatic heterocycles. The monoisotopic (exact) mass is 571 g/mol. The molecule has 0 unspecified atom stereocenters. The molecule has 0 radical (unpaired) electrons. The number of rotatable bonds is 10. The fraction of sp³-hybridized carbons (Fsp3) is 0.207. The van der Waals surface area contributed by atoms with Gasteiger partial charge in [-0.05, 0) is 39.6 Å². The highest BCUT2D eigenvalue weighted by Gasteiger charge is 2.30. The van der Waals surface area contributed by atoms with E-state index in [0.717, 1.165) is 42.2 Å². The van der Waals surface area contributed by atoms with Gasteiger partial charge in [-0.25, -0.2) is 14.9 Å². The van der Waals surface area contributed by atoms with Crippen molar-refractivity contribution >= 4 is 23.4 Å². The number of benzene rings is 2. The Kier molecular flexibility index (Phi) is 8.16. The van der Waals surface area contributed by atoms with Gasteiger partial charge >= 0.3 is 11.7 Å². The van der Waals surface area contributed by atoms with Crippen LogP contribution in [0.4, 0.5) is 0 Å². The van der Waals surface area contributed by atoms with E-state index in [1.54, 1.807) is 4.57 Å². The second kappa shape index (κ2) is 12.1. The molecule has 11 nitrogen and oxygen atoms in total. The van der Waals surface area contributed by atoms with Gasteiger partial charge in [-0.3, -0.25) is 4.79 Å². The Hall–Kier alpha value is -4.90. The number of H-pyrrole nitrogens is 1. The first-order chi connectivity index (χ1) is 19.9. The second-order valence-electron chi connectivity index (χ2n) is 9.26. The number of carbonyl (C=O) groups is 2. The van der Waals surface area contributed by atoms with E-state index in [4.69, 9.17) is 11.6 Å². The van der Waals surface area contributed by atoms with Gasteiger partial charge in [-0.1, -0.05) is 73.5 Å². The highest BCUT2D eigenvalue weighted by molar-refractivity contribution is 6.33. The van der Waals surface area contributed by atoms with E-state index < -0.39 is 11.8 Å². The number of tetrazole rings is 1. The number of imidazole rings is 1. The smallest absolute Gasteiger partial charge is 0.404 e. The van der Waals surface area contributed by atoms with Gasteiger partial charge in [0, 0.05) is 30.7 Å². The topological polar surface area (TPSA) is 143 Å². The largest absolute Gasteiger partial charge is 0.618 e. The molecule has 0 bridgehead atoms. The molecule has 12 heteroatoms. The first kappa shape index (κ1) is 27.7. The van der Waals surface area contributed by atoms with Crippen LogP contribution in [0.3, 0.4) is 0 Å². The molecule has 41 heavy (non-hydrogen) atoms. The summed E-state index contributed by atoms with van der Waals surface area (Å²) >= 11 is 6.52. The number of unbranched alkanes of at least 4 members (excludes halogenated alkanes) is 1. The average molecular weight is 572 g/mol. The third-order valence-electron chi connectivity index (χ3n) is 6.68. The third kappa shape index (κ3) is 5.57. The summed E-state index contributed by atoms with van der Waals surface area (Å²) in [7, 11) is 1.16. The number of pyridine rings is 1. The summed E-state index contributed by atoms with van der Waals surface area (Å²) < 4.78 is 6.69. The number of methoxy groups -OCH3 is 1. The maximum Gasteiger partial charge on any atom is 0.404 e. The SMILES string of the molecule is CCCCc1nc(Cl)c(C(=O)c2cccc(C(=O)OC)[n+]2[O-])n1Cc1ccc(-c2ccccc2-c2nnn[nH]2)cc1. The van der Waals surface area contributed by atoms with Crippen molar-refractivity contribution in [3.63, 3.8) is 0 Å². The van der Waals surface area contributed by atoms with Crippen molar-refractivity contribution in [2.45, 2.75) is 32.7 Å². The highest BCUT2D eigenvalue weighted by Crippen LogP contribution is 2.30. The summed E-state index contributed by atoms with van der Waals surface area (Å²) in [6.07, 6.45) is 2.36. The van der Waals surface area contributed by atoms with Crippen LogP contribution in [0.2, 0.25) is 5.15 Å². The molecule has 0 fully saturated rings. The van der Waals surface area contributed by atoms with Crippen LogP contribution in [0.25, 0.3) is 22.5 Å². The van der Waals surface area contributed by atoms with Gasteiger partial charge in [0.2, 0.25) is 0 Å². The van der Waals surface area contributed by atoms with E-state index in [0.29, 0.717) is 24.6 Å². The number of hydrogen-bond acceptors (Lipinski definition) is 8. The van der Waals surface area contributed by atoms with E-state index in [1.165, 1.54) is 18.2 Å².